The number of hydrogen-bond donors (Lipinski definition) is 3. The zero-order valence-corrected chi connectivity index (χ0v) is 25.1. The van der Waals surface area contributed by atoms with E-state index in [1.807, 2.05) is 6.07 Å². The van der Waals surface area contributed by atoms with Crippen LogP contribution in [0.1, 0.15) is 30.4 Å². The van der Waals surface area contributed by atoms with Crippen molar-refractivity contribution in [3.63, 3.8) is 0 Å². The van der Waals surface area contributed by atoms with Crippen LogP contribution in [0.4, 0.5) is 21.5 Å². The van der Waals surface area contributed by atoms with Crippen LogP contribution in [-0.2, 0) is 16.1 Å². The highest BCUT2D eigenvalue weighted by Crippen LogP contribution is 2.37. The van der Waals surface area contributed by atoms with E-state index in [1.54, 1.807) is 42.5 Å². The number of hydrogen-bond acceptors (Lipinski definition) is 8. The molecule has 3 N–H and O–H groups in total. The minimum Gasteiger partial charge on any atom is -0.486 e. The van der Waals surface area contributed by atoms with Crippen molar-refractivity contribution in [1.29, 1.82) is 5.26 Å². The van der Waals surface area contributed by atoms with E-state index < -0.39 is 5.82 Å². The second kappa shape index (κ2) is 13.9. The molecule has 3 heterocycles. The first kappa shape index (κ1) is 30.3. The zero-order valence-electron chi connectivity index (χ0n) is 24.4. The molecule has 2 saturated heterocycles. The van der Waals surface area contributed by atoms with Gasteiger partial charge in [0.25, 0.3) is 0 Å². The van der Waals surface area contributed by atoms with E-state index in [1.165, 1.54) is 18.3 Å². The molecule has 0 saturated carbocycles. The molecule has 2 fully saturated rings. The number of carbonyl (C=O) groups is 1. The number of benzene rings is 3. The first-order valence-corrected chi connectivity index (χ1v) is 15.1. The average Bonchev–Trinajstić information content (AvgIpc) is 3.55. The number of halogens is 2. The highest BCUT2D eigenvalue weighted by Gasteiger charge is 2.22. The van der Waals surface area contributed by atoms with Crippen LogP contribution in [0, 0.1) is 17.1 Å². The summed E-state index contributed by atoms with van der Waals surface area (Å²) in [6.07, 6.45) is 5.25. The summed E-state index contributed by atoms with van der Waals surface area (Å²) < 4.78 is 32.5. The van der Waals surface area contributed by atoms with Gasteiger partial charge in [0.05, 0.1) is 35.7 Å². The number of anilines is 3. The SMILES string of the molecule is N#Cc1cnc2cc(OC3CCOC3)c(NC(=O)C=C3CCNCC3)cc2c1Nc1ccc(OCc2cccc(Cl)c2)c(F)c1. The number of nitrogens with zero attached hydrogens (tertiary/aromatic N) is 2. The van der Waals surface area contributed by atoms with Crippen LogP contribution in [0.15, 0.2) is 72.4 Å². The van der Waals surface area contributed by atoms with Gasteiger partial charge in [-0.05, 0) is 61.8 Å². The van der Waals surface area contributed by atoms with Gasteiger partial charge in [-0.25, -0.2) is 4.39 Å². The Morgan fingerprint density at radius 3 is 2.80 bits per heavy atom. The fourth-order valence-electron chi connectivity index (χ4n) is 5.29. The number of rotatable bonds is 9. The molecule has 2 aliphatic heterocycles. The van der Waals surface area contributed by atoms with Crippen molar-refractivity contribution in [2.75, 3.05) is 36.9 Å². The smallest absolute Gasteiger partial charge is 0.248 e. The number of nitriles is 1. The lowest BCUT2D eigenvalue weighted by molar-refractivity contribution is -0.112. The quantitative estimate of drug-likeness (QED) is 0.177. The molecule has 3 aromatic carbocycles. The number of pyridine rings is 1. The Labute approximate surface area is 265 Å². The van der Waals surface area contributed by atoms with E-state index in [-0.39, 0.29) is 29.9 Å². The van der Waals surface area contributed by atoms with E-state index in [4.69, 9.17) is 25.8 Å². The Kier molecular flexibility index (Phi) is 9.41. The molecule has 1 unspecified atom stereocenters. The standard InChI is InChI=1S/C34H31ClFN5O4/c35-24-3-1-2-22(12-24)19-44-31-5-4-25(14-28(31)36)40-34-23(17-37)18-39-29-16-32(45-26-8-11-43-20-26)30(15-27(29)34)41-33(42)13-21-6-9-38-10-7-21/h1-5,12-16,18,26,38H,6-11,19-20H2,(H,39,40)(H,41,42). The fraction of sp³-hybridized carbons (Fsp3) is 0.265. The molecule has 6 rings (SSSR count). The maximum absolute atomic E-state index is 15.1. The topological polar surface area (TPSA) is 118 Å². The van der Waals surface area contributed by atoms with Crippen molar-refractivity contribution in [2.24, 2.45) is 0 Å². The lowest BCUT2D eigenvalue weighted by Gasteiger charge is -2.19. The van der Waals surface area contributed by atoms with Gasteiger partial charge in [-0.2, -0.15) is 5.26 Å². The van der Waals surface area contributed by atoms with Crippen molar-refractivity contribution in [1.82, 2.24) is 10.3 Å². The van der Waals surface area contributed by atoms with E-state index >= 15 is 4.39 Å². The molecule has 0 bridgehead atoms. The fourth-order valence-corrected chi connectivity index (χ4v) is 5.51. The highest BCUT2D eigenvalue weighted by atomic mass is 35.5. The monoisotopic (exact) mass is 627 g/mol. The maximum Gasteiger partial charge on any atom is 0.248 e. The lowest BCUT2D eigenvalue weighted by Crippen LogP contribution is -2.24. The Morgan fingerprint density at radius 1 is 1.18 bits per heavy atom. The van der Waals surface area contributed by atoms with Crippen molar-refractivity contribution < 1.29 is 23.4 Å². The Morgan fingerprint density at radius 2 is 2.04 bits per heavy atom. The third kappa shape index (κ3) is 7.52. The highest BCUT2D eigenvalue weighted by molar-refractivity contribution is 6.30. The predicted molar refractivity (Wildman–Crippen MR) is 171 cm³/mol. The summed E-state index contributed by atoms with van der Waals surface area (Å²) in [5.41, 5.74) is 3.90. The largest absolute Gasteiger partial charge is 0.486 e. The van der Waals surface area contributed by atoms with Crippen molar-refractivity contribution in [3.05, 3.63) is 94.4 Å². The number of fused-ring (bicyclic) bond motifs is 1. The molecule has 11 heteroatoms. The van der Waals surface area contributed by atoms with Gasteiger partial charge >= 0.3 is 0 Å². The van der Waals surface area contributed by atoms with Gasteiger partial charge in [0.2, 0.25) is 5.91 Å². The second-order valence-corrected chi connectivity index (χ2v) is 11.3. The van der Waals surface area contributed by atoms with E-state index in [0.29, 0.717) is 52.0 Å². The van der Waals surface area contributed by atoms with E-state index in [0.717, 1.165) is 43.5 Å². The summed E-state index contributed by atoms with van der Waals surface area (Å²) in [6, 6.07) is 17.3. The van der Waals surface area contributed by atoms with Gasteiger partial charge < -0.3 is 30.2 Å². The van der Waals surface area contributed by atoms with Gasteiger partial charge in [0, 0.05) is 46.9 Å². The summed E-state index contributed by atoms with van der Waals surface area (Å²) >= 11 is 6.04. The summed E-state index contributed by atoms with van der Waals surface area (Å²) in [5.74, 6) is -0.322. The average molecular weight is 628 g/mol. The molecule has 45 heavy (non-hydrogen) atoms. The number of amides is 1. The van der Waals surface area contributed by atoms with Gasteiger partial charge in [0.15, 0.2) is 11.6 Å². The molecule has 1 amide bonds. The van der Waals surface area contributed by atoms with Gasteiger partial charge in [-0.3, -0.25) is 9.78 Å². The van der Waals surface area contributed by atoms with Crippen molar-refractivity contribution in [3.8, 4) is 17.6 Å². The number of piperidine rings is 1. The molecule has 2 aliphatic rings. The van der Waals surface area contributed by atoms with E-state index in [9.17, 15) is 10.1 Å². The Balaban J connectivity index is 1.30. The first-order valence-electron chi connectivity index (χ1n) is 14.7. The number of aromatic nitrogens is 1. The van der Waals surface area contributed by atoms with Crippen LogP contribution in [0.2, 0.25) is 5.02 Å². The molecule has 0 radical (unpaired) electrons. The zero-order chi connectivity index (χ0) is 31.2. The molecule has 0 spiro atoms. The predicted octanol–water partition coefficient (Wildman–Crippen LogP) is 6.64. The third-order valence-corrected chi connectivity index (χ3v) is 7.83. The lowest BCUT2D eigenvalue weighted by atomic mass is 10.0. The van der Waals surface area contributed by atoms with Gasteiger partial charge in [-0.1, -0.05) is 29.3 Å². The normalized spacial score (nSPS) is 16.2. The number of carbonyl (C=O) groups excluding carboxylic acids is 1. The molecule has 9 nitrogen and oxygen atoms in total. The summed E-state index contributed by atoms with van der Waals surface area (Å²) in [4.78, 5) is 17.6. The van der Waals surface area contributed by atoms with Crippen LogP contribution < -0.4 is 25.4 Å². The number of ether oxygens (including phenoxy) is 3. The molecule has 0 aliphatic carbocycles. The van der Waals surface area contributed by atoms with Crippen LogP contribution in [0.25, 0.3) is 10.9 Å². The van der Waals surface area contributed by atoms with Gasteiger partial charge in [0.1, 0.15) is 24.5 Å². The Hall–Kier alpha value is -4.69. The first-order chi connectivity index (χ1) is 21.9. The van der Waals surface area contributed by atoms with E-state index in [2.05, 4.69) is 27.0 Å². The van der Waals surface area contributed by atoms with Crippen LogP contribution >= 0.6 is 11.6 Å². The molecular weight excluding hydrogens is 597 g/mol. The van der Waals surface area contributed by atoms with Crippen LogP contribution in [0.3, 0.4) is 0 Å². The minimum atomic E-state index is -0.577. The van der Waals surface area contributed by atoms with Gasteiger partial charge in [-0.15, -0.1) is 0 Å². The molecule has 1 atom stereocenters. The molecule has 230 valence electrons. The summed E-state index contributed by atoms with van der Waals surface area (Å²) in [6.45, 7) is 2.85. The Bertz CT molecular complexity index is 1790. The maximum atomic E-state index is 15.1. The summed E-state index contributed by atoms with van der Waals surface area (Å²) in [5, 5.41) is 20.5. The van der Waals surface area contributed by atoms with Crippen LogP contribution in [-0.4, -0.2) is 43.3 Å². The molecule has 4 aromatic rings. The minimum absolute atomic E-state index is 0.0752. The number of nitrogens with one attached hydrogen (secondary N) is 3. The van der Waals surface area contributed by atoms with Crippen molar-refractivity contribution in [2.45, 2.75) is 32.0 Å². The van der Waals surface area contributed by atoms with Crippen LogP contribution in [0.5, 0.6) is 11.5 Å². The molecular formula is C34H31ClFN5O4. The summed E-state index contributed by atoms with van der Waals surface area (Å²) in [7, 11) is 0. The van der Waals surface area contributed by atoms with Crippen molar-refractivity contribution >= 4 is 45.5 Å². The molecule has 1 aromatic heterocycles. The second-order valence-electron chi connectivity index (χ2n) is 10.9. The third-order valence-electron chi connectivity index (χ3n) is 7.59.